The van der Waals surface area contributed by atoms with Crippen LogP contribution in [0.2, 0.25) is 0 Å². The molecule has 7 nitrogen and oxygen atoms in total. The molecule has 0 unspecified atom stereocenters. The molecule has 0 radical (unpaired) electrons. The molecule has 116 valence electrons. The number of hydrogen-bond donors (Lipinski definition) is 4. The fourth-order valence-corrected chi connectivity index (χ4v) is 2.71. The summed E-state index contributed by atoms with van der Waals surface area (Å²) in [7, 11) is 0. The number of nitrogens with zero attached hydrogens (tertiary/aromatic N) is 1. The highest BCUT2D eigenvalue weighted by Gasteiger charge is 2.35. The first-order chi connectivity index (χ1) is 10.0. The number of H-pyrrole nitrogens is 1. The molecule has 2 rings (SSSR count). The predicted molar refractivity (Wildman–Crippen MR) is 83.2 cm³/mol. The van der Waals surface area contributed by atoms with E-state index in [4.69, 9.17) is 5.73 Å². The van der Waals surface area contributed by atoms with Gasteiger partial charge in [0.15, 0.2) is 5.82 Å². The van der Waals surface area contributed by atoms with E-state index in [1.54, 1.807) is 11.8 Å². The van der Waals surface area contributed by atoms with Crippen LogP contribution >= 0.6 is 11.8 Å². The second-order valence-corrected chi connectivity index (χ2v) is 6.35. The molecule has 0 spiro atoms. The van der Waals surface area contributed by atoms with E-state index in [1.165, 1.54) is 0 Å². The lowest BCUT2D eigenvalue weighted by atomic mass is 10.2. The van der Waals surface area contributed by atoms with Gasteiger partial charge >= 0.3 is 6.03 Å². The van der Waals surface area contributed by atoms with E-state index >= 15 is 0 Å². The molecule has 0 bridgehead atoms. The number of hydrogen-bond acceptors (Lipinski definition) is 4. The van der Waals surface area contributed by atoms with Crippen LogP contribution in [-0.2, 0) is 4.79 Å². The molecule has 3 amide bonds. The Hall–Kier alpha value is -1.70. The molecule has 21 heavy (non-hydrogen) atoms. The van der Waals surface area contributed by atoms with Crippen molar-refractivity contribution in [1.82, 2.24) is 15.5 Å². The standard InChI is InChI=1S/C13H21N5O2S/c1-7-5-8(7)10-6-11(18-17-10)16-12(19)9(3-4-21-2)15-13(14)20/h6-9H,3-5H2,1-2H3,(H3,14,15,20)(H2,16,17,18,19)/t7-,8+,9+/m1/s1. The maximum atomic E-state index is 12.2. The fourth-order valence-electron chi connectivity index (χ4n) is 2.24. The van der Waals surface area contributed by atoms with Crippen molar-refractivity contribution in [1.29, 1.82) is 0 Å². The van der Waals surface area contributed by atoms with Crippen molar-refractivity contribution < 1.29 is 9.59 Å². The molecule has 1 aromatic rings. The Morgan fingerprint density at radius 2 is 2.33 bits per heavy atom. The van der Waals surface area contributed by atoms with Gasteiger partial charge in [-0.05, 0) is 30.8 Å². The van der Waals surface area contributed by atoms with Crippen molar-refractivity contribution in [2.75, 3.05) is 17.3 Å². The quantitative estimate of drug-likeness (QED) is 0.607. The van der Waals surface area contributed by atoms with E-state index in [2.05, 4.69) is 27.8 Å². The van der Waals surface area contributed by atoms with Crippen molar-refractivity contribution in [3.63, 3.8) is 0 Å². The Morgan fingerprint density at radius 3 is 2.90 bits per heavy atom. The predicted octanol–water partition coefficient (Wildman–Crippen LogP) is 1.26. The maximum absolute atomic E-state index is 12.2. The van der Waals surface area contributed by atoms with Gasteiger partial charge in [0.05, 0.1) is 0 Å². The zero-order valence-corrected chi connectivity index (χ0v) is 13.0. The van der Waals surface area contributed by atoms with E-state index in [0.717, 1.165) is 17.9 Å². The van der Waals surface area contributed by atoms with Crippen LogP contribution in [0.5, 0.6) is 0 Å². The van der Waals surface area contributed by atoms with Crippen LogP contribution in [0.3, 0.4) is 0 Å². The number of aromatic amines is 1. The summed E-state index contributed by atoms with van der Waals surface area (Å²) in [5.41, 5.74) is 6.15. The van der Waals surface area contributed by atoms with E-state index < -0.39 is 12.1 Å². The number of nitrogens with two attached hydrogens (primary N) is 1. The molecule has 1 saturated carbocycles. The first kappa shape index (κ1) is 15.7. The summed E-state index contributed by atoms with van der Waals surface area (Å²) in [6, 6.07) is 0.503. The van der Waals surface area contributed by atoms with Gasteiger partial charge in [-0.25, -0.2) is 4.79 Å². The lowest BCUT2D eigenvalue weighted by Crippen LogP contribution is -2.46. The van der Waals surface area contributed by atoms with Crippen LogP contribution in [0.25, 0.3) is 0 Å². The van der Waals surface area contributed by atoms with Gasteiger partial charge < -0.3 is 16.4 Å². The van der Waals surface area contributed by atoms with E-state index in [0.29, 0.717) is 24.1 Å². The molecule has 8 heteroatoms. The van der Waals surface area contributed by atoms with Crippen molar-refractivity contribution in [3.05, 3.63) is 11.8 Å². The average Bonchev–Trinajstić information content (AvgIpc) is 2.97. The Morgan fingerprint density at radius 1 is 1.62 bits per heavy atom. The third-order valence-electron chi connectivity index (χ3n) is 3.60. The first-order valence-corrected chi connectivity index (χ1v) is 8.31. The van der Waals surface area contributed by atoms with Gasteiger partial charge in [-0.15, -0.1) is 0 Å². The summed E-state index contributed by atoms with van der Waals surface area (Å²) < 4.78 is 0. The zero-order valence-electron chi connectivity index (χ0n) is 12.2. The molecule has 5 N–H and O–H groups in total. The average molecular weight is 311 g/mol. The monoisotopic (exact) mass is 311 g/mol. The summed E-state index contributed by atoms with van der Waals surface area (Å²) in [4.78, 5) is 23.1. The topological polar surface area (TPSA) is 113 Å². The highest BCUT2D eigenvalue weighted by Crippen LogP contribution is 2.46. The molecule has 1 heterocycles. The minimum Gasteiger partial charge on any atom is -0.352 e. The van der Waals surface area contributed by atoms with Crippen molar-refractivity contribution in [2.24, 2.45) is 11.7 Å². The van der Waals surface area contributed by atoms with Crippen LogP contribution in [0, 0.1) is 5.92 Å². The van der Waals surface area contributed by atoms with E-state index in [1.807, 2.05) is 12.3 Å². The highest BCUT2D eigenvalue weighted by molar-refractivity contribution is 7.98. The molecule has 0 saturated heterocycles. The summed E-state index contributed by atoms with van der Waals surface area (Å²) in [6.45, 7) is 2.18. The summed E-state index contributed by atoms with van der Waals surface area (Å²) >= 11 is 1.60. The Balaban J connectivity index is 1.93. The Bertz CT molecular complexity index is 518. The number of primary amides is 1. The Kier molecular flexibility index (Phi) is 5.11. The number of thioether (sulfide) groups is 1. The number of urea groups is 1. The number of anilines is 1. The second kappa shape index (κ2) is 6.84. The molecule has 1 aliphatic rings. The van der Waals surface area contributed by atoms with Crippen LogP contribution in [0.4, 0.5) is 10.6 Å². The molecule has 0 aromatic carbocycles. The first-order valence-electron chi connectivity index (χ1n) is 6.92. The summed E-state index contributed by atoms with van der Waals surface area (Å²) in [6.07, 6.45) is 3.61. The normalized spacial score (nSPS) is 21.6. The van der Waals surface area contributed by atoms with Gasteiger partial charge in [0.2, 0.25) is 5.91 Å². The second-order valence-electron chi connectivity index (χ2n) is 5.36. The largest absolute Gasteiger partial charge is 0.352 e. The molecule has 3 atom stereocenters. The third-order valence-corrected chi connectivity index (χ3v) is 4.25. The van der Waals surface area contributed by atoms with Gasteiger partial charge in [0.1, 0.15) is 6.04 Å². The van der Waals surface area contributed by atoms with Gasteiger partial charge in [-0.2, -0.15) is 16.9 Å². The Labute approximate surface area is 127 Å². The smallest absolute Gasteiger partial charge is 0.312 e. The number of rotatable bonds is 7. The third kappa shape index (κ3) is 4.38. The molecular formula is C13H21N5O2S. The number of carbonyl (C=O) groups excluding carboxylic acids is 2. The van der Waals surface area contributed by atoms with Gasteiger partial charge in [0.25, 0.3) is 0 Å². The number of aromatic nitrogens is 2. The lowest BCUT2D eigenvalue weighted by Gasteiger charge is -2.15. The lowest BCUT2D eigenvalue weighted by molar-refractivity contribution is -0.118. The number of amides is 3. The van der Waals surface area contributed by atoms with Crippen LogP contribution in [0.15, 0.2) is 6.07 Å². The fraction of sp³-hybridized carbons (Fsp3) is 0.615. The van der Waals surface area contributed by atoms with Gasteiger partial charge in [-0.3, -0.25) is 9.89 Å². The van der Waals surface area contributed by atoms with Crippen molar-refractivity contribution >= 4 is 29.5 Å². The molecule has 0 aliphatic heterocycles. The van der Waals surface area contributed by atoms with Gasteiger partial charge in [0, 0.05) is 17.7 Å². The van der Waals surface area contributed by atoms with E-state index in [9.17, 15) is 9.59 Å². The summed E-state index contributed by atoms with van der Waals surface area (Å²) in [5, 5.41) is 12.2. The highest BCUT2D eigenvalue weighted by atomic mass is 32.2. The molecule has 1 fully saturated rings. The minimum absolute atomic E-state index is 0.301. The number of nitrogens with one attached hydrogen (secondary N) is 3. The van der Waals surface area contributed by atoms with Crippen molar-refractivity contribution in [3.8, 4) is 0 Å². The van der Waals surface area contributed by atoms with Crippen LogP contribution in [0.1, 0.15) is 31.4 Å². The maximum Gasteiger partial charge on any atom is 0.312 e. The zero-order chi connectivity index (χ0) is 15.4. The van der Waals surface area contributed by atoms with E-state index in [-0.39, 0.29) is 5.91 Å². The van der Waals surface area contributed by atoms with Crippen LogP contribution < -0.4 is 16.4 Å². The van der Waals surface area contributed by atoms with Crippen LogP contribution in [-0.4, -0.2) is 40.2 Å². The molecule has 1 aliphatic carbocycles. The van der Waals surface area contributed by atoms with Gasteiger partial charge in [-0.1, -0.05) is 6.92 Å². The summed E-state index contributed by atoms with van der Waals surface area (Å²) in [5.74, 6) is 2.11. The van der Waals surface area contributed by atoms with Crippen molar-refractivity contribution in [2.45, 2.75) is 31.7 Å². The molecule has 1 aromatic heterocycles. The molecular weight excluding hydrogens is 290 g/mol. The minimum atomic E-state index is -0.703. The number of carbonyl (C=O) groups is 2. The SMILES string of the molecule is CSCC[C@H](NC(N)=O)C(=O)Nc1cc([C@H]2C[C@H]2C)[nH]n1.